The summed E-state index contributed by atoms with van der Waals surface area (Å²) >= 11 is 1.52. The lowest BCUT2D eigenvalue weighted by Crippen LogP contribution is -2.14. The largest absolute Gasteiger partial charge is 0.319 e. The summed E-state index contributed by atoms with van der Waals surface area (Å²) in [5.41, 5.74) is 2.94. The van der Waals surface area contributed by atoms with Crippen molar-refractivity contribution in [1.82, 2.24) is 4.57 Å². The highest BCUT2D eigenvalue weighted by Gasteiger charge is 2.11. The van der Waals surface area contributed by atoms with Gasteiger partial charge >= 0.3 is 0 Å². The van der Waals surface area contributed by atoms with Gasteiger partial charge in [0.15, 0.2) is 4.80 Å². The zero-order valence-corrected chi connectivity index (χ0v) is 15.8. The van der Waals surface area contributed by atoms with Crippen molar-refractivity contribution in [2.24, 2.45) is 4.99 Å². The first kappa shape index (κ1) is 17.9. The second kappa shape index (κ2) is 8.02. The maximum Gasteiger partial charge on any atom is 0.270 e. The third-order valence-corrected chi connectivity index (χ3v) is 5.31. The van der Waals surface area contributed by atoms with Crippen LogP contribution >= 0.6 is 11.3 Å². The van der Waals surface area contributed by atoms with Gasteiger partial charge in [0.2, 0.25) is 0 Å². The molecule has 0 atom stereocenters. The number of hydrogen-bond acceptors (Lipinski definition) is 4. The zero-order valence-electron chi connectivity index (χ0n) is 14.9. The van der Waals surface area contributed by atoms with E-state index in [0.717, 1.165) is 20.9 Å². The molecule has 4 aromatic rings. The number of hydrogen-bond donors (Lipinski definition) is 0. The molecule has 0 N–H and O–H groups in total. The number of thiazole rings is 1. The van der Waals surface area contributed by atoms with Gasteiger partial charge in [0.1, 0.15) is 0 Å². The van der Waals surface area contributed by atoms with Crippen molar-refractivity contribution in [1.29, 1.82) is 0 Å². The molecule has 0 radical (unpaired) electrons. The van der Waals surface area contributed by atoms with Crippen LogP contribution in [0, 0.1) is 10.1 Å². The predicted octanol–water partition coefficient (Wildman–Crippen LogP) is 5.41. The first-order valence-corrected chi connectivity index (χ1v) is 9.59. The highest BCUT2D eigenvalue weighted by Crippen LogP contribution is 2.26. The van der Waals surface area contributed by atoms with E-state index >= 15 is 0 Å². The van der Waals surface area contributed by atoms with Gasteiger partial charge < -0.3 is 4.57 Å². The predicted molar refractivity (Wildman–Crippen MR) is 112 cm³/mol. The summed E-state index contributed by atoms with van der Waals surface area (Å²) in [4.78, 5) is 17.3. The molecule has 0 aliphatic heterocycles. The lowest BCUT2D eigenvalue weighted by Gasteiger charge is -2.03. The maximum atomic E-state index is 11.1. The van der Waals surface area contributed by atoms with Crippen molar-refractivity contribution in [2.45, 2.75) is 6.54 Å². The molecule has 4 rings (SSSR count). The van der Waals surface area contributed by atoms with Crippen molar-refractivity contribution in [3.05, 3.63) is 112 Å². The van der Waals surface area contributed by atoms with Crippen molar-refractivity contribution >= 4 is 22.7 Å². The quantitative estimate of drug-likeness (QED) is 0.340. The Morgan fingerprint density at radius 1 is 0.929 bits per heavy atom. The number of nitro groups is 1. The molecule has 0 bridgehead atoms. The average molecular weight is 387 g/mol. The Morgan fingerprint density at radius 3 is 2.36 bits per heavy atom. The number of non-ortho nitro benzene ring substituents is 1. The molecule has 28 heavy (non-hydrogen) atoms. The van der Waals surface area contributed by atoms with Crippen LogP contribution < -0.4 is 4.80 Å². The Labute approximate surface area is 166 Å². The van der Waals surface area contributed by atoms with Crippen LogP contribution in [0.4, 0.5) is 11.4 Å². The molecule has 138 valence electrons. The lowest BCUT2D eigenvalue weighted by atomic mass is 10.2. The van der Waals surface area contributed by atoms with E-state index in [1.165, 1.54) is 23.0 Å². The van der Waals surface area contributed by atoms with Crippen LogP contribution in [0.5, 0.6) is 0 Å². The van der Waals surface area contributed by atoms with Gasteiger partial charge in [0, 0.05) is 30.4 Å². The Morgan fingerprint density at radius 2 is 1.64 bits per heavy atom. The second-order valence-corrected chi connectivity index (χ2v) is 7.26. The zero-order chi connectivity index (χ0) is 19.3. The van der Waals surface area contributed by atoms with E-state index < -0.39 is 0 Å². The van der Waals surface area contributed by atoms with E-state index in [9.17, 15) is 10.1 Å². The van der Waals surface area contributed by atoms with Crippen LogP contribution in [-0.4, -0.2) is 9.49 Å². The summed E-state index contributed by atoms with van der Waals surface area (Å²) in [6.07, 6.45) is 2.01. The Bertz CT molecular complexity index is 1170. The van der Waals surface area contributed by atoms with E-state index in [1.54, 1.807) is 12.1 Å². The van der Waals surface area contributed by atoms with Gasteiger partial charge in [-0.25, -0.2) is 4.99 Å². The summed E-state index contributed by atoms with van der Waals surface area (Å²) in [5, 5.41) is 11.1. The second-order valence-electron chi connectivity index (χ2n) is 6.25. The van der Waals surface area contributed by atoms with Crippen molar-refractivity contribution in [2.75, 3.05) is 0 Å². The molecule has 3 aromatic carbocycles. The van der Waals surface area contributed by atoms with Crippen LogP contribution in [-0.2, 0) is 6.54 Å². The summed E-state index contributed by atoms with van der Waals surface area (Å²) in [6, 6.07) is 26.6. The highest BCUT2D eigenvalue weighted by atomic mass is 32.1. The standard InChI is InChI=1S/C22H17N3O2S/c26-25(27)20-13-7-10-18(14-20)21-16-24(15-17-8-3-1-4-9-17)22(28-21)23-19-11-5-2-6-12-19/h1-14,16H,15H2/b23-22+. The van der Waals surface area contributed by atoms with Gasteiger partial charge in [-0.3, -0.25) is 10.1 Å². The highest BCUT2D eigenvalue weighted by molar-refractivity contribution is 7.12. The van der Waals surface area contributed by atoms with Crippen molar-refractivity contribution in [3.8, 4) is 10.4 Å². The third kappa shape index (κ3) is 4.07. The van der Waals surface area contributed by atoms with Gasteiger partial charge in [0.05, 0.1) is 15.5 Å². The number of nitro benzene ring substituents is 1. The molecule has 6 heteroatoms. The monoisotopic (exact) mass is 387 g/mol. The van der Waals surface area contributed by atoms with E-state index in [2.05, 4.69) is 16.7 Å². The molecule has 0 saturated heterocycles. The van der Waals surface area contributed by atoms with E-state index in [4.69, 9.17) is 4.99 Å². The average Bonchev–Trinajstić information content (AvgIpc) is 3.12. The number of aromatic nitrogens is 1. The fourth-order valence-electron chi connectivity index (χ4n) is 2.88. The summed E-state index contributed by atoms with van der Waals surface area (Å²) in [7, 11) is 0. The molecule has 0 amide bonds. The molecule has 0 fully saturated rings. The summed E-state index contributed by atoms with van der Waals surface area (Å²) in [5.74, 6) is 0. The minimum absolute atomic E-state index is 0.0852. The molecule has 0 saturated carbocycles. The minimum Gasteiger partial charge on any atom is -0.319 e. The minimum atomic E-state index is -0.371. The Balaban J connectivity index is 1.81. The van der Waals surface area contributed by atoms with E-state index in [0.29, 0.717) is 6.54 Å². The normalized spacial score (nSPS) is 11.5. The summed E-state index contributed by atoms with van der Waals surface area (Å²) in [6.45, 7) is 0.679. The van der Waals surface area contributed by atoms with Crippen molar-refractivity contribution < 1.29 is 4.92 Å². The first-order valence-electron chi connectivity index (χ1n) is 8.78. The number of para-hydroxylation sites is 1. The van der Waals surface area contributed by atoms with Crippen LogP contribution in [0.2, 0.25) is 0 Å². The topological polar surface area (TPSA) is 60.4 Å². The summed E-state index contributed by atoms with van der Waals surface area (Å²) < 4.78 is 2.08. The molecule has 0 aliphatic rings. The molecule has 1 heterocycles. The lowest BCUT2D eigenvalue weighted by molar-refractivity contribution is -0.384. The van der Waals surface area contributed by atoms with Crippen molar-refractivity contribution in [3.63, 3.8) is 0 Å². The molecule has 1 aromatic heterocycles. The van der Waals surface area contributed by atoms with E-state index in [1.807, 2.05) is 60.8 Å². The molecular formula is C22H17N3O2S. The van der Waals surface area contributed by atoms with Gasteiger partial charge in [-0.2, -0.15) is 0 Å². The molecule has 5 nitrogen and oxygen atoms in total. The number of benzene rings is 3. The fourth-order valence-corrected chi connectivity index (χ4v) is 3.89. The van der Waals surface area contributed by atoms with Crippen LogP contribution in [0.25, 0.3) is 10.4 Å². The Kier molecular flexibility index (Phi) is 5.12. The first-order chi connectivity index (χ1) is 13.7. The van der Waals surface area contributed by atoms with Crippen LogP contribution in [0.3, 0.4) is 0 Å². The number of rotatable bonds is 5. The Hall–Kier alpha value is -3.51. The van der Waals surface area contributed by atoms with Gasteiger partial charge in [-0.1, -0.05) is 72.0 Å². The maximum absolute atomic E-state index is 11.1. The molecule has 0 spiro atoms. The smallest absolute Gasteiger partial charge is 0.270 e. The fraction of sp³-hybridized carbons (Fsp3) is 0.0455. The molecular weight excluding hydrogens is 370 g/mol. The number of nitrogens with zero attached hydrogens (tertiary/aromatic N) is 3. The van der Waals surface area contributed by atoms with E-state index in [-0.39, 0.29) is 10.6 Å². The molecule has 0 aliphatic carbocycles. The SMILES string of the molecule is O=[N+]([O-])c1cccc(-c2cn(Cc3ccccc3)/c(=N\c3ccccc3)s2)c1. The van der Waals surface area contributed by atoms with Crippen LogP contribution in [0.15, 0.2) is 96.1 Å². The molecule has 0 unspecified atom stereocenters. The van der Waals surface area contributed by atoms with Gasteiger partial charge in [-0.15, -0.1) is 0 Å². The third-order valence-electron chi connectivity index (χ3n) is 4.24. The van der Waals surface area contributed by atoms with Crippen LogP contribution in [0.1, 0.15) is 5.56 Å². The van der Waals surface area contributed by atoms with Gasteiger partial charge in [-0.05, 0) is 17.7 Å². The van der Waals surface area contributed by atoms with Gasteiger partial charge in [0.25, 0.3) is 5.69 Å².